The van der Waals surface area contributed by atoms with Gasteiger partial charge in [-0.1, -0.05) is 6.08 Å². The van der Waals surface area contributed by atoms with Gasteiger partial charge in [0.25, 0.3) is 0 Å². The second-order valence-electron chi connectivity index (χ2n) is 4.59. The monoisotopic (exact) mass is 558 g/mol. The number of benzene rings is 1. The standard InChI is InChI=1S/C16H20I2N2O4/c1-3-23-15(21)7-5-6-14(16(22)24-4-2)20-19-13-9-11(17)8-12(18)10-13/h6,8-10,19-20H,3-5,7H2,1-2H3/b14-6+. The number of hydrogen-bond acceptors (Lipinski definition) is 6. The van der Waals surface area contributed by atoms with Crippen LogP contribution in [0.25, 0.3) is 0 Å². The number of carbonyl (C=O) groups is 2. The van der Waals surface area contributed by atoms with Crippen molar-refractivity contribution in [3.05, 3.63) is 37.1 Å². The molecule has 0 bridgehead atoms. The second-order valence-corrected chi connectivity index (χ2v) is 7.08. The molecule has 0 spiro atoms. The van der Waals surface area contributed by atoms with E-state index in [1.807, 2.05) is 18.2 Å². The first kappa shape index (κ1) is 21.0. The molecule has 0 unspecified atom stereocenters. The number of esters is 2. The first-order valence-corrected chi connectivity index (χ1v) is 9.63. The predicted octanol–water partition coefficient (Wildman–Crippen LogP) is 3.60. The Morgan fingerprint density at radius 1 is 1.08 bits per heavy atom. The Labute approximate surface area is 169 Å². The SMILES string of the molecule is CCOC(=O)CC/C=C(/NNc1cc(I)cc(I)c1)C(=O)OCC. The molecule has 2 N–H and O–H groups in total. The minimum absolute atomic E-state index is 0.208. The van der Waals surface area contributed by atoms with Gasteiger partial charge < -0.3 is 14.9 Å². The van der Waals surface area contributed by atoms with Gasteiger partial charge in [-0.3, -0.25) is 10.2 Å². The molecule has 0 fully saturated rings. The van der Waals surface area contributed by atoms with Crippen LogP contribution in [0.2, 0.25) is 0 Å². The molecular formula is C16H20I2N2O4. The minimum Gasteiger partial charge on any atom is -0.466 e. The van der Waals surface area contributed by atoms with Crippen LogP contribution >= 0.6 is 45.2 Å². The quantitative estimate of drug-likeness (QED) is 0.209. The summed E-state index contributed by atoms with van der Waals surface area (Å²) in [6, 6.07) is 5.92. The highest BCUT2D eigenvalue weighted by Gasteiger charge is 2.11. The summed E-state index contributed by atoms with van der Waals surface area (Å²) in [7, 11) is 0. The molecule has 0 heterocycles. The number of halogens is 2. The molecule has 0 atom stereocenters. The highest BCUT2D eigenvalue weighted by molar-refractivity contribution is 14.1. The number of carbonyl (C=O) groups excluding carboxylic acids is 2. The first-order valence-electron chi connectivity index (χ1n) is 7.47. The first-order chi connectivity index (χ1) is 11.5. The molecule has 0 radical (unpaired) electrons. The lowest BCUT2D eigenvalue weighted by Gasteiger charge is -2.13. The normalized spacial score (nSPS) is 10.9. The molecule has 8 heteroatoms. The van der Waals surface area contributed by atoms with E-state index in [-0.39, 0.29) is 24.7 Å². The van der Waals surface area contributed by atoms with Gasteiger partial charge in [0, 0.05) is 13.6 Å². The Kier molecular flexibility index (Phi) is 10.1. The van der Waals surface area contributed by atoms with Crippen LogP contribution in [0.3, 0.4) is 0 Å². The zero-order valence-corrected chi connectivity index (χ0v) is 17.8. The minimum atomic E-state index is -0.478. The van der Waals surface area contributed by atoms with Gasteiger partial charge in [-0.15, -0.1) is 0 Å². The average Bonchev–Trinajstić information content (AvgIpc) is 2.50. The van der Waals surface area contributed by atoms with Crippen molar-refractivity contribution in [2.75, 3.05) is 18.6 Å². The number of rotatable bonds is 9. The fraction of sp³-hybridized carbons (Fsp3) is 0.375. The van der Waals surface area contributed by atoms with Crippen molar-refractivity contribution in [2.45, 2.75) is 26.7 Å². The molecular weight excluding hydrogens is 538 g/mol. The summed E-state index contributed by atoms with van der Waals surface area (Å²) in [6.07, 6.45) is 2.21. The van der Waals surface area contributed by atoms with E-state index < -0.39 is 5.97 Å². The van der Waals surface area contributed by atoms with Crippen LogP contribution in [0.4, 0.5) is 5.69 Å². The number of allylic oxidation sites excluding steroid dienone is 1. The maximum absolute atomic E-state index is 12.0. The van der Waals surface area contributed by atoms with Gasteiger partial charge in [0.05, 0.1) is 18.9 Å². The van der Waals surface area contributed by atoms with E-state index in [2.05, 4.69) is 56.0 Å². The molecule has 1 rings (SSSR count). The number of anilines is 1. The lowest BCUT2D eigenvalue weighted by atomic mass is 10.2. The maximum atomic E-state index is 12.0. The number of nitrogens with one attached hydrogen (secondary N) is 2. The molecule has 1 aromatic rings. The van der Waals surface area contributed by atoms with Crippen molar-refractivity contribution in [3.63, 3.8) is 0 Å². The Bertz CT molecular complexity index is 585. The van der Waals surface area contributed by atoms with Gasteiger partial charge in [-0.25, -0.2) is 4.79 Å². The zero-order valence-electron chi connectivity index (χ0n) is 13.5. The molecule has 24 heavy (non-hydrogen) atoms. The summed E-state index contributed by atoms with van der Waals surface area (Å²) in [5, 5.41) is 0. The van der Waals surface area contributed by atoms with Crippen LogP contribution in [-0.4, -0.2) is 25.2 Å². The molecule has 1 aromatic carbocycles. The Morgan fingerprint density at radius 2 is 1.71 bits per heavy atom. The summed E-state index contributed by atoms with van der Waals surface area (Å²) >= 11 is 4.44. The average molecular weight is 558 g/mol. The number of ether oxygens (including phenoxy) is 2. The predicted molar refractivity (Wildman–Crippen MR) is 109 cm³/mol. The molecule has 0 aliphatic carbocycles. The zero-order chi connectivity index (χ0) is 17.9. The van der Waals surface area contributed by atoms with Crippen molar-refractivity contribution in [2.24, 2.45) is 0 Å². The van der Waals surface area contributed by atoms with E-state index in [1.165, 1.54) is 0 Å². The van der Waals surface area contributed by atoms with Gasteiger partial charge in [-0.2, -0.15) is 0 Å². The summed E-state index contributed by atoms with van der Waals surface area (Å²) in [5.41, 5.74) is 6.93. The van der Waals surface area contributed by atoms with Crippen molar-refractivity contribution in [3.8, 4) is 0 Å². The fourth-order valence-corrected chi connectivity index (χ4v) is 3.67. The van der Waals surface area contributed by atoms with Gasteiger partial charge in [-0.05, 0) is 83.6 Å². The largest absolute Gasteiger partial charge is 0.466 e. The van der Waals surface area contributed by atoms with Crippen molar-refractivity contribution < 1.29 is 19.1 Å². The molecule has 0 saturated heterocycles. The van der Waals surface area contributed by atoms with Gasteiger partial charge in [0.15, 0.2) is 0 Å². The van der Waals surface area contributed by atoms with E-state index in [0.29, 0.717) is 13.0 Å². The molecule has 0 aliphatic heterocycles. The van der Waals surface area contributed by atoms with Crippen LogP contribution in [0.5, 0.6) is 0 Å². The summed E-state index contributed by atoms with van der Waals surface area (Å²) in [4.78, 5) is 23.4. The van der Waals surface area contributed by atoms with Gasteiger partial charge in [0.1, 0.15) is 5.70 Å². The van der Waals surface area contributed by atoms with Crippen LogP contribution in [-0.2, 0) is 19.1 Å². The smallest absolute Gasteiger partial charge is 0.355 e. The van der Waals surface area contributed by atoms with E-state index >= 15 is 0 Å². The third-order valence-electron chi connectivity index (χ3n) is 2.70. The van der Waals surface area contributed by atoms with Crippen molar-refractivity contribution in [1.29, 1.82) is 0 Å². The highest BCUT2D eigenvalue weighted by Crippen LogP contribution is 2.17. The molecule has 132 valence electrons. The molecule has 0 aliphatic rings. The third-order valence-corrected chi connectivity index (χ3v) is 3.95. The summed E-state index contributed by atoms with van der Waals surface area (Å²) in [5.74, 6) is -0.772. The van der Waals surface area contributed by atoms with Crippen molar-refractivity contribution in [1.82, 2.24) is 5.43 Å². The lowest BCUT2D eigenvalue weighted by molar-refractivity contribution is -0.143. The maximum Gasteiger partial charge on any atom is 0.355 e. The number of hydrogen-bond donors (Lipinski definition) is 2. The molecule has 0 amide bonds. The lowest BCUT2D eigenvalue weighted by Crippen LogP contribution is -2.27. The molecule has 0 saturated carbocycles. The Hall–Kier alpha value is -1.04. The van der Waals surface area contributed by atoms with E-state index in [0.717, 1.165) is 12.8 Å². The van der Waals surface area contributed by atoms with Crippen molar-refractivity contribution >= 4 is 62.8 Å². The molecule has 6 nitrogen and oxygen atoms in total. The number of hydrazine groups is 1. The van der Waals surface area contributed by atoms with Crippen LogP contribution in [0.1, 0.15) is 26.7 Å². The Balaban J connectivity index is 2.71. The van der Waals surface area contributed by atoms with E-state index in [1.54, 1.807) is 19.9 Å². The Morgan fingerprint density at radius 3 is 2.29 bits per heavy atom. The second kappa shape index (κ2) is 11.5. The highest BCUT2D eigenvalue weighted by atomic mass is 127. The van der Waals surface area contributed by atoms with Crippen LogP contribution < -0.4 is 10.9 Å². The van der Waals surface area contributed by atoms with Crippen LogP contribution in [0.15, 0.2) is 30.0 Å². The summed E-state index contributed by atoms with van der Waals surface area (Å²) in [6.45, 7) is 4.12. The summed E-state index contributed by atoms with van der Waals surface area (Å²) < 4.78 is 12.0. The van der Waals surface area contributed by atoms with Gasteiger partial charge in [0.2, 0.25) is 0 Å². The fourth-order valence-electron chi connectivity index (χ4n) is 1.73. The van der Waals surface area contributed by atoms with Gasteiger partial charge >= 0.3 is 11.9 Å². The van der Waals surface area contributed by atoms with E-state index in [9.17, 15) is 9.59 Å². The third kappa shape index (κ3) is 8.18. The van der Waals surface area contributed by atoms with Crippen LogP contribution in [0, 0.1) is 7.14 Å². The molecule has 0 aromatic heterocycles. The topological polar surface area (TPSA) is 76.7 Å². The van der Waals surface area contributed by atoms with E-state index in [4.69, 9.17) is 9.47 Å².